The number of amides is 1. The molecule has 2 fully saturated rings. The molecule has 3 rings (SSSR count). The third-order valence-electron chi connectivity index (χ3n) is 5.62. The lowest BCUT2D eigenvalue weighted by molar-refractivity contribution is 0.0697. The van der Waals surface area contributed by atoms with Crippen molar-refractivity contribution in [2.75, 3.05) is 26.2 Å². The number of sulfonamides is 1. The van der Waals surface area contributed by atoms with Gasteiger partial charge in [-0.15, -0.1) is 0 Å². The van der Waals surface area contributed by atoms with Gasteiger partial charge < -0.3 is 4.90 Å². The van der Waals surface area contributed by atoms with Crippen molar-refractivity contribution in [3.63, 3.8) is 0 Å². The zero-order chi connectivity index (χ0) is 18.9. The molecule has 1 amide bonds. The van der Waals surface area contributed by atoms with E-state index in [0.717, 1.165) is 25.7 Å². The number of rotatable bonds is 3. The zero-order valence-corrected chi connectivity index (χ0v) is 17.0. The third kappa shape index (κ3) is 4.07. The van der Waals surface area contributed by atoms with Gasteiger partial charge in [-0.05, 0) is 55.7 Å². The van der Waals surface area contributed by atoms with E-state index in [1.54, 1.807) is 4.90 Å². The average Bonchev–Trinajstić information content (AvgIpc) is 2.62. The SMILES string of the molecule is CC1CCN(C(=O)c2cc(S(=O)(=O)N3CCC(C)CC3)ccc2Cl)CC1. The van der Waals surface area contributed by atoms with E-state index < -0.39 is 10.0 Å². The maximum absolute atomic E-state index is 13.0. The van der Waals surface area contributed by atoms with E-state index in [2.05, 4.69) is 13.8 Å². The van der Waals surface area contributed by atoms with E-state index in [9.17, 15) is 13.2 Å². The van der Waals surface area contributed by atoms with Crippen LogP contribution in [0.25, 0.3) is 0 Å². The van der Waals surface area contributed by atoms with Crippen molar-refractivity contribution in [1.29, 1.82) is 0 Å². The van der Waals surface area contributed by atoms with Crippen molar-refractivity contribution in [3.8, 4) is 0 Å². The Bertz CT molecular complexity index is 765. The van der Waals surface area contributed by atoms with Crippen LogP contribution in [-0.4, -0.2) is 49.7 Å². The molecule has 5 nitrogen and oxygen atoms in total. The number of likely N-dealkylation sites (tertiary alicyclic amines) is 1. The Morgan fingerprint density at radius 1 is 1.00 bits per heavy atom. The number of halogens is 1. The van der Waals surface area contributed by atoms with Crippen LogP contribution >= 0.6 is 11.6 Å². The molecule has 0 aliphatic carbocycles. The normalized spacial score (nSPS) is 21.1. The number of carbonyl (C=O) groups is 1. The Morgan fingerprint density at radius 3 is 2.12 bits per heavy atom. The lowest BCUT2D eigenvalue weighted by Crippen LogP contribution is -2.39. The summed E-state index contributed by atoms with van der Waals surface area (Å²) in [7, 11) is -3.59. The van der Waals surface area contributed by atoms with Gasteiger partial charge in [0.2, 0.25) is 10.0 Å². The summed E-state index contributed by atoms with van der Waals surface area (Å²) in [6, 6.07) is 4.49. The van der Waals surface area contributed by atoms with Gasteiger partial charge in [0.1, 0.15) is 0 Å². The summed E-state index contributed by atoms with van der Waals surface area (Å²) in [6.07, 6.45) is 3.66. The van der Waals surface area contributed by atoms with Crippen LogP contribution in [0.15, 0.2) is 23.1 Å². The molecule has 1 aromatic rings. The van der Waals surface area contributed by atoms with Crippen molar-refractivity contribution in [2.24, 2.45) is 11.8 Å². The summed E-state index contributed by atoms with van der Waals surface area (Å²) in [5.41, 5.74) is 0.285. The van der Waals surface area contributed by atoms with Crippen LogP contribution < -0.4 is 0 Å². The van der Waals surface area contributed by atoms with Gasteiger partial charge in [-0.1, -0.05) is 25.4 Å². The molecule has 2 aliphatic heterocycles. The predicted molar refractivity (Wildman–Crippen MR) is 103 cm³/mol. The van der Waals surface area contributed by atoms with Gasteiger partial charge in [-0.3, -0.25) is 4.79 Å². The molecule has 0 atom stereocenters. The first-order valence-electron chi connectivity index (χ1n) is 9.38. The fraction of sp³-hybridized carbons (Fsp3) is 0.632. The summed E-state index contributed by atoms with van der Waals surface area (Å²) in [5.74, 6) is 0.985. The highest BCUT2D eigenvalue weighted by molar-refractivity contribution is 7.89. The minimum Gasteiger partial charge on any atom is -0.339 e. The first kappa shape index (κ1) is 19.6. The van der Waals surface area contributed by atoms with Gasteiger partial charge in [-0.2, -0.15) is 4.31 Å². The smallest absolute Gasteiger partial charge is 0.255 e. The quantitative estimate of drug-likeness (QED) is 0.781. The number of hydrogen-bond acceptors (Lipinski definition) is 3. The minimum absolute atomic E-state index is 0.158. The molecule has 144 valence electrons. The maximum atomic E-state index is 13.0. The van der Waals surface area contributed by atoms with Gasteiger partial charge in [0.15, 0.2) is 0 Å². The summed E-state index contributed by atoms with van der Waals surface area (Å²) < 4.78 is 27.4. The molecule has 0 radical (unpaired) electrons. The molecule has 0 N–H and O–H groups in total. The van der Waals surface area contributed by atoms with Crippen molar-refractivity contribution in [3.05, 3.63) is 28.8 Å². The highest BCUT2D eigenvalue weighted by Crippen LogP contribution is 2.28. The molecule has 0 aromatic heterocycles. The highest BCUT2D eigenvalue weighted by atomic mass is 35.5. The Morgan fingerprint density at radius 2 is 1.54 bits per heavy atom. The molecular formula is C19H27ClN2O3S. The molecule has 1 aromatic carbocycles. The molecule has 2 saturated heterocycles. The summed E-state index contributed by atoms with van der Waals surface area (Å²) in [6.45, 7) is 6.76. The molecular weight excluding hydrogens is 372 g/mol. The number of piperidine rings is 2. The van der Waals surface area contributed by atoms with Gasteiger partial charge >= 0.3 is 0 Å². The van der Waals surface area contributed by atoms with Gasteiger partial charge in [0.05, 0.1) is 15.5 Å². The van der Waals surface area contributed by atoms with Crippen LogP contribution in [0.3, 0.4) is 0 Å². The van der Waals surface area contributed by atoms with Crippen LogP contribution in [0.5, 0.6) is 0 Å². The number of carbonyl (C=O) groups excluding carboxylic acids is 1. The molecule has 0 unspecified atom stereocenters. The Labute approximate surface area is 161 Å². The largest absolute Gasteiger partial charge is 0.339 e. The topological polar surface area (TPSA) is 57.7 Å². The van der Waals surface area contributed by atoms with Crippen LogP contribution in [-0.2, 0) is 10.0 Å². The lowest BCUT2D eigenvalue weighted by atomic mass is 9.98. The second-order valence-electron chi connectivity index (χ2n) is 7.70. The Balaban J connectivity index is 1.84. The second kappa shape index (κ2) is 7.87. The van der Waals surface area contributed by atoms with Gasteiger partial charge in [0, 0.05) is 26.2 Å². The first-order valence-corrected chi connectivity index (χ1v) is 11.2. The summed E-state index contributed by atoms with van der Waals surface area (Å²) >= 11 is 6.24. The van der Waals surface area contributed by atoms with Crippen molar-refractivity contribution < 1.29 is 13.2 Å². The Kier molecular flexibility index (Phi) is 5.94. The second-order valence-corrected chi connectivity index (χ2v) is 10.0. The van der Waals surface area contributed by atoms with Gasteiger partial charge in [0.25, 0.3) is 5.91 Å². The third-order valence-corrected chi connectivity index (χ3v) is 7.84. The fourth-order valence-electron chi connectivity index (χ4n) is 3.59. The minimum atomic E-state index is -3.59. The van der Waals surface area contributed by atoms with Crippen LogP contribution in [0, 0.1) is 11.8 Å². The van der Waals surface area contributed by atoms with E-state index in [1.165, 1.54) is 22.5 Å². The van der Waals surface area contributed by atoms with Crippen molar-refractivity contribution >= 4 is 27.5 Å². The number of nitrogens with zero attached hydrogens (tertiary/aromatic N) is 2. The molecule has 26 heavy (non-hydrogen) atoms. The standard InChI is InChI=1S/C19H27ClN2O3S/c1-14-5-9-21(10-6-14)19(23)17-13-16(3-4-18(17)20)26(24,25)22-11-7-15(2)8-12-22/h3-4,13-15H,5-12H2,1-2H3. The molecule has 7 heteroatoms. The van der Waals surface area contributed by atoms with E-state index in [4.69, 9.17) is 11.6 Å². The average molecular weight is 399 g/mol. The van der Waals surface area contributed by atoms with E-state index in [1.807, 2.05) is 0 Å². The fourth-order valence-corrected chi connectivity index (χ4v) is 5.28. The highest BCUT2D eigenvalue weighted by Gasteiger charge is 2.30. The summed E-state index contributed by atoms with van der Waals surface area (Å²) in [5, 5.41) is 0.305. The monoisotopic (exact) mass is 398 g/mol. The lowest BCUT2D eigenvalue weighted by Gasteiger charge is -2.31. The number of hydrogen-bond donors (Lipinski definition) is 0. The molecule has 2 aliphatic rings. The Hall–Kier alpha value is -1.11. The van der Waals surface area contributed by atoms with Crippen LogP contribution in [0.2, 0.25) is 5.02 Å². The number of benzene rings is 1. The molecule has 0 bridgehead atoms. The predicted octanol–water partition coefficient (Wildman–Crippen LogP) is 3.63. The van der Waals surface area contributed by atoms with Crippen molar-refractivity contribution in [2.45, 2.75) is 44.4 Å². The van der Waals surface area contributed by atoms with Gasteiger partial charge in [-0.25, -0.2) is 8.42 Å². The van der Waals surface area contributed by atoms with E-state index in [-0.39, 0.29) is 16.4 Å². The van der Waals surface area contributed by atoms with Crippen molar-refractivity contribution in [1.82, 2.24) is 9.21 Å². The maximum Gasteiger partial charge on any atom is 0.255 e. The summed E-state index contributed by atoms with van der Waals surface area (Å²) in [4.78, 5) is 14.8. The van der Waals surface area contributed by atoms with Crippen LogP contribution in [0.4, 0.5) is 0 Å². The van der Waals surface area contributed by atoms with E-state index in [0.29, 0.717) is 43.0 Å². The molecule has 2 heterocycles. The van der Waals surface area contributed by atoms with E-state index >= 15 is 0 Å². The first-order chi connectivity index (χ1) is 12.3. The molecule has 0 spiro atoms. The molecule has 0 saturated carbocycles. The zero-order valence-electron chi connectivity index (χ0n) is 15.4. The van der Waals surface area contributed by atoms with Crippen LogP contribution in [0.1, 0.15) is 49.9 Å².